The molecular formula is C15H16F3NO4. The number of rotatable bonds is 5. The zero-order valence-corrected chi connectivity index (χ0v) is 12.9. The fourth-order valence-electron chi connectivity index (χ4n) is 1.75. The number of carbonyl (C=O) groups is 2. The number of esters is 2. The number of aryl methyl sites for hydroxylation is 1. The monoisotopic (exact) mass is 331 g/mol. The molecule has 0 aliphatic rings. The van der Waals surface area contributed by atoms with Gasteiger partial charge in [0.25, 0.3) is 0 Å². The fraction of sp³-hybridized carbons (Fsp3) is 0.400. The Bertz CT molecular complexity index is 624. The third-order valence-electron chi connectivity index (χ3n) is 2.96. The maximum Gasteiger partial charge on any atom is 0.430 e. The normalized spacial score (nSPS) is 12.0. The summed E-state index contributed by atoms with van der Waals surface area (Å²) in [5, 5.41) is 0. The van der Waals surface area contributed by atoms with E-state index in [9.17, 15) is 22.8 Å². The van der Waals surface area contributed by atoms with E-state index in [1.54, 1.807) is 13.0 Å². The minimum Gasteiger partial charge on any atom is -0.469 e. The predicted molar refractivity (Wildman–Crippen MR) is 76.7 cm³/mol. The number of hydrogen-bond acceptors (Lipinski definition) is 5. The number of ether oxygens (including phenoxy) is 2. The Labute approximate surface area is 131 Å². The number of halogens is 3. The minimum atomic E-state index is -4.74. The summed E-state index contributed by atoms with van der Waals surface area (Å²) in [4.78, 5) is 25.8. The average molecular weight is 331 g/mol. The highest BCUT2D eigenvalue weighted by atomic mass is 19.4. The van der Waals surface area contributed by atoms with Gasteiger partial charge in [-0.25, -0.2) is 4.99 Å². The Kier molecular flexibility index (Phi) is 6.29. The minimum absolute atomic E-state index is 0.00955. The van der Waals surface area contributed by atoms with Gasteiger partial charge in [-0.1, -0.05) is 12.1 Å². The molecule has 0 unspecified atom stereocenters. The molecule has 1 aromatic carbocycles. The lowest BCUT2D eigenvalue weighted by atomic mass is 10.1. The zero-order valence-electron chi connectivity index (χ0n) is 12.9. The Morgan fingerprint density at radius 1 is 1.13 bits per heavy atom. The van der Waals surface area contributed by atoms with E-state index in [1.807, 2.05) is 0 Å². The molecule has 0 aromatic heterocycles. The Balaban J connectivity index is 3.11. The van der Waals surface area contributed by atoms with E-state index < -0.39 is 30.2 Å². The van der Waals surface area contributed by atoms with Crippen LogP contribution in [-0.2, 0) is 25.5 Å². The number of aliphatic imine (C=N–C) groups is 1. The molecular weight excluding hydrogens is 315 g/mol. The second-order valence-corrected chi connectivity index (χ2v) is 4.68. The van der Waals surface area contributed by atoms with Crippen molar-refractivity contribution in [2.45, 2.75) is 25.9 Å². The number of methoxy groups -OCH3 is 2. The van der Waals surface area contributed by atoms with Crippen molar-refractivity contribution in [1.82, 2.24) is 0 Å². The van der Waals surface area contributed by atoms with Gasteiger partial charge in [0.2, 0.25) is 0 Å². The molecule has 0 amide bonds. The average Bonchev–Trinajstić information content (AvgIpc) is 2.47. The summed E-state index contributed by atoms with van der Waals surface area (Å²) in [6, 6.07) is 4.38. The highest BCUT2D eigenvalue weighted by Crippen LogP contribution is 2.26. The molecule has 23 heavy (non-hydrogen) atoms. The Morgan fingerprint density at radius 2 is 1.74 bits per heavy atom. The van der Waals surface area contributed by atoms with Crippen LogP contribution in [0.15, 0.2) is 23.2 Å². The van der Waals surface area contributed by atoms with E-state index in [0.717, 1.165) is 7.11 Å². The number of alkyl halides is 3. The van der Waals surface area contributed by atoms with Crippen LogP contribution in [0.2, 0.25) is 0 Å². The standard InChI is InChI=1S/C15H16F3NO4/c1-9-6-10(7-13(20)22-2)4-5-11(9)19-12(15(16,17)18)8-14(21)23-3/h4-6H,7-8H2,1-3H3. The van der Waals surface area contributed by atoms with Crippen molar-refractivity contribution in [3.05, 3.63) is 29.3 Å². The second kappa shape index (κ2) is 7.75. The van der Waals surface area contributed by atoms with E-state index in [4.69, 9.17) is 0 Å². The van der Waals surface area contributed by atoms with Crippen molar-refractivity contribution < 1.29 is 32.2 Å². The van der Waals surface area contributed by atoms with Crippen LogP contribution in [0.4, 0.5) is 18.9 Å². The molecule has 0 spiro atoms. The smallest absolute Gasteiger partial charge is 0.430 e. The van der Waals surface area contributed by atoms with Crippen molar-refractivity contribution >= 4 is 23.3 Å². The van der Waals surface area contributed by atoms with Crippen LogP contribution in [0.1, 0.15) is 17.5 Å². The highest BCUT2D eigenvalue weighted by molar-refractivity contribution is 6.03. The molecule has 0 heterocycles. The molecule has 5 nitrogen and oxygen atoms in total. The molecule has 0 aliphatic heterocycles. The van der Waals surface area contributed by atoms with Crippen LogP contribution in [0.25, 0.3) is 0 Å². The maximum atomic E-state index is 12.9. The first-order chi connectivity index (χ1) is 10.7. The third-order valence-corrected chi connectivity index (χ3v) is 2.96. The van der Waals surface area contributed by atoms with Gasteiger partial charge in [-0.2, -0.15) is 13.2 Å². The SMILES string of the molecule is COC(=O)CC(=Nc1ccc(CC(=O)OC)cc1C)C(F)(F)F. The van der Waals surface area contributed by atoms with Crippen molar-refractivity contribution in [3.8, 4) is 0 Å². The molecule has 0 atom stereocenters. The molecule has 0 fully saturated rings. The number of nitrogens with zero attached hydrogens (tertiary/aromatic N) is 1. The van der Waals surface area contributed by atoms with Gasteiger partial charge >= 0.3 is 18.1 Å². The topological polar surface area (TPSA) is 65.0 Å². The van der Waals surface area contributed by atoms with Crippen LogP contribution in [-0.4, -0.2) is 38.0 Å². The first-order valence-corrected chi connectivity index (χ1v) is 6.55. The van der Waals surface area contributed by atoms with Gasteiger partial charge in [-0.05, 0) is 24.1 Å². The molecule has 0 N–H and O–H groups in total. The van der Waals surface area contributed by atoms with Gasteiger partial charge < -0.3 is 9.47 Å². The summed E-state index contributed by atoms with van der Waals surface area (Å²) in [5.74, 6) is -1.48. The van der Waals surface area contributed by atoms with E-state index in [-0.39, 0.29) is 12.1 Å². The second-order valence-electron chi connectivity index (χ2n) is 4.68. The summed E-state index contributed by atoms with van der Waals surface area (Å²) in [6.45, 7) is 1.56. The molecule has 126 valence electrons. The highest BCUT2D eigenvalue weighted by Gasteiger charge is 2.37. The Hall–Kier alpha value is -2.38. The number of carbonyl (C=O) groups excluding carboxylic acids is 2. The molecule has 1 rings (SSSR count). The predicted octanol–water partition coefficient (Wildman–Crippen LogP) is 2.91. The lowest BCUT2D eigenvalue weighted by molar-refractivity contribution is -0.140. The Morgan fingerprint density at radius 3 is 2.22 bits per heavy atom. The summed E-state index contributed by atoms with van der Waals surface area (Å²) >= 11 is 0. The zero-order chi connectivity index (χ0) is 17.6. The summed E-state index contributed by atoms with van der Waals surface area (Å²) in [7, 11) is 2.25. The van der Waals surface area contributed by atoms with Gasteiger partial charge in [0.05, 0.1) is 32.7 Å². The molecule has 0 saturated carbocycles. The number of benzene rings is 1. The van der Waals surface area contributed by atoms with Gasteiger partial charge in [0.1, 0.15) is 5.71 Å². The largest absolute Gasteiger partial charge is 0.469 e. The van der Waals surface area contributed by atoms with Crippen molar-refractivity contribution in [3.63, 3.8) is 0 Å². The van der Waals surface area contributed by atoms with Crippen LogP contribution in [0, 0.1) is 6.92 Å². The first kappa shape index (κ1) is 18.7. The molecule has 0 aliphatic carbocycles. The molecule has 1 aromatic rings. The molecule has 0 bridgehead atoms. The number of hydrogen-bond donors (Lipinski definition) is 0. The van der Waals surface area contributed by atoms with Crippen LogP contribution < -0.4 is 0 Å². The van der Waals surface area contributed by atoms with Crippen molar-refractivity contribution in [1.29, 1.82) is 0 Å². The van der Waals surface area contributed by atoms with Crippen LogP contribution in [0.3, 0.4) is 0 Å². The summed E-state index contributed by atoms with van der Waals surface area (Å²) in [6.07, 6.45) is -5.70. The maximum absolute atomic E-state index is 12.9. The van der Waals surface area contributed by atoms with Gasteiger partial charge in [-0.15, -0.1) is 0 Å². The van der Waals surface area contributed by atoms with Gasteiger partial charge in [0, 0.05) is 0 Å². The fourth-order valence-corrected chi connectivity index (χ4v) is 1.75. The molecule has 0 radical (unpaired) electrons. The van der Waals surface area contributed by atoms with Crippen LogP contribution >= 0.6 is 0 Å². The first-order valence-electron chi connectivity index (χ1n) is 6.55. The van der Waals surface area contributed by atoms with Crippen molar-refractivity contribution in [2.75, 3.05) is 14.2 Å². The van der Waals surface area contributed by atoms with Crippen LogP contribution in [0.5, 0.6) is 0 Å². The molecule has 8 heteroatoms. The quantitative estimate of drug-likeness (QED) is 0.615. The third kappa shape index (κ3) is 5.72. The van der Waals surface area contributed by atoms with E-state index in [1.165, 1.54) is 19.2 Å². The summed E-state index contributed by atoms with van der Waals surface area (Å²) < 4.78 is 47.6. The van der Waals surface area contributed by atoms with Crippen molar-refractivity contribution in [2.24, 2.45) is 4.99 Å². The van der Waals surface area contributed by atoms with Gasteiger partial charge in [-0.3, -0.25) is 9.59 Å². The van der Waals surface area contributed by atoms with E-state index in [2.05, 4.69) is 14.5 Å². The van der Waals surface area contributed by atoms with E-state index in [0.29, 0.717) is 11.1 Å². The summed E-state index contributed by atoms with van der Waals surface area (Å²) in [5.41, 5.74) is -0.143. The molecule has 0 saturated heterocycles. The lowest BCUT2D eigenvalue weighted by Crippen LogP contribution is -2.26. The van der Waals surface area contributed by atoms with Gasteiger partial charge in [0.15, 0.2) is 0 Å². The lowest BCUT2D eigenvalue weighted by Gasteiger charge is -2.11. The van der Waals surface area contributed by atoms with E-state index >= 15 is 0 Å².